The van der Waals surface area contributed by atoms with E-state index in [1.54, 1.807) is 11.0 Å². The van der Waals surface area contributed by atoms with Crippen molar-refractivity contribution in [1.29, 1.82) is 0 Å². The van der Waals surface area contributed by atoms with Gasteiger partial charge in [0.05, 0.1) is 0 Å². The molecule has 0 atom stereocenters. The van der Waals surface area contributed by atoms with Crippen LogP contribution in [0.5, 0.6) is 5.75 Å². The zero-order chi connectivity index (χ0) is 9.97. The van der Waals surface area contributed by atoms with Crippen molar-refractivity contribution in [1.82, 2.24) is 4.90 Å². The molecule has 0 bridgehead atoms. The summed E-state index contributed by atoms with van der Waals surface area (Å²) in [4.78, 5) is 12.4. The molecule has 0 saturated carbocycles. The summed E-state index contributed by atoms with van der Waals surface area (Å²) in [6, 6.07) is 5.57. The lowest BCUT2D eigenvalue weighted by Crippen LogP contribution is -2.24. The second-order valence-electron chi connectivity index (χ2n) is 3.56. The van der Waals surface area contributed by atoms with Gasteiger partial charge in [0.2, 0.25) is 6.41 Å². The molecule has 1 N–H and O–H groups in total. The second kappa shape index (κ2) is 3.70. The third-order valence-corrected chi connectivity index (χ3v) is 2.71. The fourth-order valence-corrected chi connectivity index (χ4v) is 1.88. The first-order valence-electron chi connectivity index (χ1n) is 4.80. The van der Waals surface area contributed by atoms with Gasteiger partial charge in [-0.1, -0.05) is 12.1 Å². The molecule has 3 nitrogen and oxygen atoms in total. The molecule has 1 heterocycles. The maximum atomic E-state index is 10.6. The van der Waals surface area contributed by atoms with Crippen LogP contribution >= 0.6 is 0 Å². The highest BCUT2D eigenvalue weighted by Gasteiger charge is 2.14. The summed E-state index contributed by atoms with van der Waals surface area (Å²) in [6.45, 7) is 1.45. The highest BCUT2D eigenvalue weighted by Crippen LogP contribution is 2.24. The lowest BCUT2D eigenvalue weighted by molar-refractivity contribution is -0.118. The number of carbonyl (C=O) groups is 1. The molecule has 1 aromatic carbocycles. The summed E-state index contributed by atoms with van der Waals surface area (Å²) in [5.74, 6) is 0.357. The van der Waals surface area contributed by atoms with Crippen molar-refractivity contribution >= 4 is 6.41 Å². The van der Waals surface area contributed by atoms with E-state index in [1.165, 1.54) is 0 Å². The summed E-state index contributed by atoms with van der Waals surface area (Å²) in [6.07, 6.45) is 2.46. The van der Waals surface area contributed by atoms with E-state index in [1.807, 2.05) is 12.1 Å². The number of carbonyl (C=O) groups excluding carboxylic acids is 1. The summed E-state index contributed by atoms with van der Waals surface area (Å²) in [7, 11) is 0. The first kappa shape index (κ1) is 9.06. The monoisotopic (exact) mass is 191 g/mol. The molecule has 0 aliphatic carbocycles. The van der Waals surface area contributed by atoms with Gasteiger partial charge in [0.15, 0.2) is 0 Å². The summed E-state index contributed by atoms with van der Waals surface area (Å²) in [5, 5.41) is 9.63. The van der Waals surface area contributed by atoms with Gasteiger partial charge in [0.25, 0.3) is 0 Å². The van der Waals surface area contributed by atoms with Crippen molar-refractivity contribution in [2.45, 2.75) is 12.8 Å². The molecule has 1 aliphatic heterocycles. The minimum absolute atomic E-state index is 0.357. The first-order valence-corrected chi connectivity index (χ1v) is 4.80. The van der Waals surface area contributed by atoms with Crippen LogP contribution in [0, 0.1) is 0 Å². The normalized spacial score (nSPS) is 15.9. The van der Waals surface area contributed by atoms with Gasteiger partial charge in [0, 0.05) is 13.1 Å². The SMILES string of the molecule is O=CN1CCc2cccc(O)c2CC1. The van der Waals surface area contributed by atoms with Crippen LogP contribution in [0.3, 0.4) is 0 Å². The van der Waals surface area contributed by atoms with E-state index in [2.05, 4.69) is 0 Å². The average molecular weight is 191 g/mol. The van der Waals surface area contributed by atoms with E-state index < -0.39 is 0 Å². The van der Waals surface area contributed by atoms with Crippen LogP contribution in [0.15, 0.2) is 18.2 Å². The van der Waals surface area contributed by atoms with Crippen LogP contribution in [0.1, 0.15) is 11.1 Å². The molecule has 0 fully saturated rings. The number of benzene rings is 1. The molecule has 2 rings (SSSR count). The Bertz CT molecular complexity index is 349. The Morgan fingerprint density at radius 3 is 2.86 bits per heavy atom. The Morgan fingerprint density at radius 1 is 1.29 bits per heavy atom. The Balaban J connectivity index is 2.29. The molecular weight excluding hydrogens is 178 g/mol. The van der Waals surface area contributed by atoms with Crippen molar-refractivity contribution < 1.29 is 9.90 Å². The van der Waals surface area contributed by atoms with Gasteiger partial charge in [-0.05, 0) is 30.0 Å². The van der Waals surface area contributed by atoms with Crippen LogP contribution in [-0.4, -0.2) is 29.5 Å². The lowest BCUT2D eigenvalue weighted by atomic mass is 10.0. The van der Waals surface area contributed by atoms with Crippen molar-refractivity contribution in [3.8, 4) is 5.75 Å². The van der Waals surface area contributed by atoms with E-state index in [0.29, 0.717) is 12.3 Å². The summed E-state index contributed by atoms with van der Waals surface area (Å²) in [5.41, 5.74) is 2.16. The van der Waals surface area contributed by atoms with Gasteiger partial charge in [-0.2, -0.15) is 0 Å². The molecule has 14 heavy (non-hydrogen) atoms. The van der Waals surface area contributed by atoms with Crippen LogP contribution in [0.2, 0.25) is 0 Å². The standard InChI is InChI=1S/C11H13NO2/c13-8-12-6-4-9-2-1-3-11(14)10(9)5-7-12/h1-3,8,14H,4-7H2. The molecule has 3 heteroatoms. The molecule has 0 spiro atoms. The number of phenolic OH excluding ortho intramolecular Hbond substituents is 1. The molecule has 74 valence electrons. The lowest BCUT2D eigenvalue weighted by Gasteiger charge is -2.12. The number of rotatable bonds is 1. The van der Waals surface area contributed by atoms with Crippen LogP contribution in [0.25, 0.3) is 0 Å². The minimum atomic E-state index is 0.357. The predicted molar refractivity (Wildman–Crippen MR) is 53.2 cm³/mol. The number of hydrogen-bond donors (Lipinski definition) is 1. The fraction of sp³-hybridized carbons (Fsp3) is 0.364. The van der Waals surface area contributed by atoms with E-state index in [4.69, 9.17) is 0 Å². The fourth-order valence-electron chi connectivity index (χ4n) is 1.88. The number of fused-ring (bicyclic) bond motifs is 1. The van der Waals surface area contributed by atoms with Gasteiger partial charge in [0.1, 0.15) is 5.75 Å². The van der Waals surface area contributed by atoms with E-state index >= 15 is 0 Å². The van der Waals surface area contributed by atoms with Gasteiger partial charge in [-0.3, -0.25) is 4.79 Å². The number of phenols is 1. The second-order valence-corrected chi connectivity index (χ2v) is 3.56. The van der Waals surface area contributed by atoms with E-state index in [-0.39, 0.29) is 0 Å². The molecule has 0 saturated heterocycles. The Morgan fingerprint density at radius 2 is 2.07 bits per heavy atom. The van der Waals surface area contributed by atoms with Crippen molar-refractivity contribution in [3.63, 3.8) is 0 Å². The van der Waals surface area contributed by atoms with Crippen LogP contribution in [0.4, 0.5) is 0 Å². The number of hydrogen-bond acceptors (Lipinski definition) is 2. The maximum absolute atomic E-state index is 10.6. The third-order valence-electron chi connectivity index (χ3n) is 2.71. The largest absolute Gasteiger partial charge is 0.508 e. The van der Waals surface area contributed by atoms with Crippen molar-refractivity contribution in [2.75, 3.05) is 13.1 Å². The van der Waals surface area contributed by atoms with E-state index in [0.717, 1.165) is 36.9 Å². The molecule has 0 radical (unpaired) electrons. The minimum Gasteiger partial charge on any atom is -0.508 e. The number of nitrogens with zero attached hydrogens (tertiary/aromatic N) is 1. The Kier molecular flexibility index (Phi) is 2.39. The molecule has 1 aromatic rings. The van der Waals surface area contributed by atoms with E-state index in [9.17, 15) is 9.90 Å². The molecule has 1 amide bonds. The zero-order valence-electron chi connectivity index (χ0n) is 7.94. The van der Waals surface area contributed by atoms with Gasteiger partial charge >= 0.3 is 0 Å². The number of amides is 1. The highest BCUT2D eigenvalue weighted by molar-refractivity contribution is 5.49. The number of aromatic hydroxyl groups is 1. The quantitative estimate of drug-likeness (QED) is 0.671. The summed E-state index contributed by atoms with van der Waals surface area (Å²) < 4.78 is 0. The van der Waals surface area contributed by atoms with Crippen LogP contribution < -0.4 is 0 Å². The van der Waals surface area contributed by atoms with Gasteiger partial charge < -0.3 is 10.0 Å². The molecule has 0 unspecified atom stereocenters. The van der Waals surface area contributed by atoms with Gasteiger partial charge in [-0.25, -0.2) is 0 Å². The van der Waals surface area contributed by atoms with Crippen molar-refractivity contribution in [3.05, 3.63) is 29.3 Å². The summed E-state index contributed by atoms with van der Waals surface area (Å²) >= 11 is 0. The maximum Gasteiger partial charge on any atom is 0.209 e. The molecule has 0 aromatic heterocycles. The molecule has 1 aliphatic rings. The highest BCUT2D eigenvalue weighted by atomic mass is 16.3. The smallest absolute Gasteiger partial charge is 0.209 e. The zero-order valence-corrected chi connectivity index (χ0v) is 7.94. The Hall–Kier alpha value is -1.51. The predicted octanol–water partition coefficient (Wildman–Crippen LogP) is 0.949. The van der Waals surface area contributed by atoms with Crippen LogP contribution in [-0.2, 0) is 17.6 Å². The average Bonchev–Trinajstić information content (AvgIpc) is 2.41. The topological polar surface area (TPSA) is 40.5 Å². The first-order chi connectivity index (χ1) is 6.81. The van der Waals surface area contributed by atoms with Crippen molar-refractivity contribution in [2.24, 2.45) is 0 Å². The van der Waals surface area contributed by atoms with Gasteiger partial charge in [-0.15, -0.1) is 0 Å². The molecular formula is C11H13NO2. The third kappa shape index (κ3) is 1.58. The Labute approximate surface area is 83.0 Å².